The topological polar surface area (TPSA) is 81.7 Å². The Morgan fingerprint density at radius 1 is 0.640 bits per heavy atom. The highest BCUT2D eigenvalue weighted by atomic mass is 16.3. The normalized spacial score (nSPS) is 11.9. The van der Waals surface area contributed by atoms with E-state index in [1.54, 1.807) is 0 Å². The molecule has 7 rings (SSSR count). The average molecular weight is 659 g/mol. The Balaban J connectivity index is 1.40. The zero-order chi connectivity index (χ0) is 34.7. The van der Waals surface area contributed by atoms with Gasteiger partial charge in [-0.25, -0.2) is 9.67 Å². The smallest absolute Gasteiger partial charge is 0.184 e. The molecule has 250 valence electrons. The van der Waals surface area contributed by atoms with Crippen LogP contribution in [0, 0.1) is 0 Å². The van der Waals surface area contributed by atoms with Crippen LogP contribution in [-0.2, 0) is 24.0 Å². The third-order valence-electron chi connectivity index (χ3n) is 9.39. The minimum Gasteiger partial charge on any atom is -0.384 e. The fourth-order valence-corrected chi connectivity index (χ4v) is 7.21. The molecule has 0 fully saturated rings. The van der Waals surface area contributed by atoms with Crippen LogP contribution in [0.3, 0.4) is 0 Å². The van der Waals surface area contributed by atoms with E-state index in [4.69, 9.17) is 15.3 Å². The molecular formula is C43H42N6O. The van der Waals surface area contributed by atoms with Gasteiger partial charge in [0.05, 0.1) is 5.69 Å². The van der Waals surface area contributed by atoms with E-state index in [0.717, 1.165) is 75.5 Å². The summed E-state index contributed by atoms with van der Waals surface area (Å²) in [4.78, 5) is 4.92. The molecule has 5 aromatic carbocycles. The number of hydrogen-bond donors (Lipinski definition) is 1. The van der Waals surface area contributed by atoms with Crippen LogP contribution in [0.1, 0.15) is 68.0 Å². The van der Waals surface area contributed by atoms with Crippen LogP contribution >= 0.6 is 0 Å². The summed E-state index contributed by atoms with van der Waals surface area (Å²) in [6.07, 6.45) is 2.53. The zero-order valence-corrected chi connectivity index (χ0v) is 29.0. The molecule has 50 heavy (non-hydrogen) atoms. The van der Waals surface area contributed by atoms with Crippen molar-refractivity contribution in [3.63, 3.8) is 0 Å². The third-order valence-corrected chi connectivity index (χ3v) is 9.39. The Labute approximate surface area is 293 Å². The van der Waals surface area contributed by atoms with E-state index in [1.165, 1.54) is 0 Å². The van der Waals surface area contributed by atoms with Crippen molar-refractivity contribution >= 4 is 0 Å². The van der Waals surface area contributed by atoms with Gasteiger partial charge < -0.3 is 9.67 Å². The maximum atomic E-state index is 11.0. The second-order valence-electron chi connectivity index (χ2n) is 13.1. The second-order valence-corrected chi connectivity index (χ2v) is 13.1. The minimum atomic E-state index is -1.03. The van der Waals surface area contributed by atoms with E-state index in [9.17, 15) is 5.11 Å². The molecule has 0 aliphatic rings. The van der Waals surface area contributed by atoms with Crippen molar-refractivity contribution in [2.24, 2.45) is 0 Å². The molecule has 0 aliphatic heterocycles. The van der Waals surface area contributed by atoms with Gasteiger partial charge in [-0.1, -0.05) is 148 Å². The standard InChI is InChI=1S/C43H42N6O/c1-5-18-38-40(42(3,4)50)44-39(6-2)48(38)35-29-27-31(28-30-35)36-25-16-17-26-37(36)41-45-46-47-49(41)43(32-19-10-7-11-20-32,33-21-12-8-13-22-33)34-23-14-9-15-24-34/h7-17,19-30,50H,5-6,18H2,1-4H3. The highest BCUT2D eigenvalue weighted by molar-refractivity contribution is 5.81. The Morgan fingerprint density at radius 2 is 1.16 bits per heavy atom. The number of tetrazole rings is 1. The number of aryl methyl sites for hydroxylation is 1. The molecule has 0 aliphatic carbocycles. The van der Waals surface area contributed by atoms with Gasteiger partial charge in [0, 0.05) is 23.4 Å². The first-order valence-electron chi connectivity index (χ1n) is 17.4. The number of aliphatic hydroxyl groups is 1. The summed E-state index contributed by atoms with van der Waals surface area (Å²) in [5, 5.41) is 24.8. The summed E-state index contributed by atoms with van der Waals surface area (Å²) in [5.74, 6) is 1.60. The summed E-state index contributed by atoms with van der Waals surface area (Å²) in [6, 6.07) is 48.3. The number of benzene rings is 5. The molecule has 0 amide bonds. The van der Waals surface area contributed by atoms with Crippen molar-refractivity contribution in [1.29, 1.82) is 0 Å². The van der Waals surface area contributed by atoms with Gasteiger partial charge in [0.15, 0.2) is 5.82 Å². The van der Waals surface area contributed by atoms with Gasteiger partial charge in [-0.15, -0.1) is 5.10 Å². The molecular weight excluding hydrogens is 617 g/mol. The van der Waals surface area contributed by atoms with Gasteiger partial charge in [0.2, 0.25) is 0 Å². The van der Waals surface area contributed by atoms with E-state index >= 15 is 0 Å². The van der Waals surface area contributed by atoms with Gasteiger partial charge in [-0.2, -0.15) is 0 Å². The fraction of sp³-hybridized carbons (Fsp3) is 0.209. The monoisotopic (exact) mass is 658 g/mol. The van der Waals surface area contributed by atoms with Crippen LogP contribution in [0.2, 0.25) is 0 Å². The Kier molecular flexibility index (Phi) is 9.00. The second kappa shape index (κ2) is 13.7. The Hall–Kier alpha value is -5.66. The van der Waals surface area contributed by atoms with Crippen LogP contribution < -0.4 is 0 Å². The lowest BCUT2D eigenvalue weighted by atomic mass is 9.77. The summed E-state index contributed by atoms with van der Waals surface area (Å²) in [5.41, 5.74) is 7.07. The first kappa shape index (κ1) is 32.9. The molecule has 0 atom stereocenters. The Bertz CT molecular complexity index is 2080. The van der Waals surface area contributed by atoms with Crippen molar-refractivity contribution in [2.75, 3.05) is 0 Å². The molecule has 0 saturated heterocycles. The van der Waals surface area contributed by atoms with Crippen LogP contribution in [0.15, 0.2) is 140 Å². The van der Waals surface area contributed by atoms with Crippen LogP contribution in [0.25, 0.3) is 28.2 Å². The lowest BCUT2D eigenvalue weighted by Crippen LogP contribution is -2.39. The van der Waals surface area contributed by atoms with Crippen molar-refractivity contribution in [2.45, 2.75) is 58.1 Å². The van der Waals surface area contributed by atoms with E-state index in [-0.39, 0.29) is 0 Å². The molecule has 0 bridgehead atoms. The van der Waals surface area contributed by atoms with Gasteiger partial charge in [0.25, 0.3) is 0 Å². The van der Waals surface area contributed by atoms with Crippen LogP contribution in [0.4, 0.5) is 0 Å². The summed E-state index contributed by atoms with van der Waals surface area (Å²) in [6.45, 7) is 7.90. The molecule has 0 unspecified atom stereocenters. The summed E-state index contributed by atoms with van der Waals surface area (Å²) < 4.78 is 4.20. The molecule has 0 radical (unpaired) electrons. The lowest BCUT2D eigenvalue weighted by molar-refractivity contribution is 0.0730. The van der Waals surface area contributed by atoms with Crippen LogP contribution in [-0.4, -0.2) is 34.9 Å². The van der Waals surface area contributed by atoms with Crippen molar-refractivity contribution in [3.8, 4) is 28.2 Å². The Morgan fingerprint density at radius 3 is 1.66 bits per heavy atom. The fourth-order valence-electron chi connectivity index (χ4n) is 7.21. The van der Waals surface area contributed by atoms with Gasteiger partial charge >= 0.3 is 0 Å². The SMILES string of the molecule is CCCc1c(C(C)(C)O)nc(CC)n1-c1ccc(-c2ccccc2-c2nnnn2C(c2ccccc2)(c2ccccc2)c2ccccc2)cc1. The predicted octanol–water partition coefficient (Wildman–Crippen LogP) is 8.78. The predicted molar refractivity (Wildman–Crippen MR) is 199 cm³/mol. The van der Waals surface area contributed by atoms with Crippen molar-refractivity contribution in [3.05, 3.63) is 173 Å². The maximum Gasteiger partial charge on any atom is 0.184 e. The number of aromatic nitrogens is 6. The molecule has 7 nitrogen and oxygen atoms in total. The zero-order valence-electron chi connectivity index (χ0n) is 29.0. The van der Waals surface area contributed by atoms with Crippen molar-refractivity contribution < 1.29 is 5.11 Å². The van der Waals surface area contributed by atoms with Gasteiger partial charge in [0.1, 0.15) is 17.0 Å². The molecule has 2 heterocycles. The van der Waals surface area contributed by atoms with Gasteiger partial charge in [-0.05, 0) is 70.6 Å². The summed E-state index contributed by atoms with van der Waals surface area (Å²) in [7, 11) is 0. The number of hydrogen-bond acceptors (Lipinski definition) is 5. The highest BCUT2D eigenvalue weighted by Gasteiger charge is 2.42. The van der Waals surface area contributed by atoms with E-state index in [2.05, 4.69) is 139 Å². The van der Waals surface area contributed by atoms with E-state index in [1.807, 2.05) is 42.8 Å². The third kappa shape index (κ3) is 5.73. The number of nitrogens with zero attached hydrogens (tertiary/aromatic N) is 6. The van der Waals surface area contributed by atoms with E-state index < -0.39 is 11.1 Å². The molecule has 7 aromatic rings. The van der Waals surface area contributed by atoms with Gasteiger partial charge in [-0.3, -0.25) is 0 Å². The summed E-state index contributed by atoms with van der Waals surface area (Å²) >= 11 is 0. The molecule has 1 N–H and O–H groups in total. The maximum absolute atomic E-state index is 11.0. The largest absolute Gasteiger partial charge is 0.384 e. The first-order chi connectivity index (χ1) is 24.4. The number of imidazole rings is 1. The van der Waals surface area contributed by atoms with Crippen LogP contribution in [0.5, 0.6) is 0 Å². The average Bonchev–Trinajstić information content (AvgIpc) is 3.79. The minimum absolute atomic E-state index is 0.657. The van der Waals surface area contributed by atoms with Crippen molar-refractivity contribution in [1.82, 2.24) is 29.8 Å². The quantitative estimate of drug-likeness (QED) is 0.141. The molecule has 2 aromatic heterocycles. The van der Waals surface area contributed by atoms with E-state index in [0.29, 0.717) is 5.82 Å². The molecule has 7 heteroatoms. The lowest BCUT2D eigenvalue weighted by Gasteiger charge is -2.36. The highest BCUT2D eigenvalue weighted by Crippen LogP contribution is 2.43. The molecule has 0 saturated carbocycles. The first-order valence-corrected chi connectivity index (χ1v) is 17.4. The molecule has 0 spiro atoms. The number of rotatable bonds is 11.